The minimum atomic E-state index is -4.86. The Morgan fingerprint density at radius 1 is 0.966 bits per heavy atom. The molecule has 0 saturated heterocycles. The van der Waals surface area contributed by atoms with E-state index in [4.69, 9.17) is 9.84 Å². The average molecular weight is 447 g/mol. The molecule has 4 unspecified atom stereocenters. The van der Waals surface area contributed by atoms with Crippen LogP contribution in [0.15, 0.2) is 0 Å². The van der Waals surface area contributed by atoms with E-state index in [-0.39, 0.29) is 35.5 Å². The molecule has 0 aliphatic heterocycles. The van der Waals surface area contributed by atoms with Crippen molar-refractivity contribution in [2.45, 2.75) is 103 Å². The van der Waals surface area contributed by atoms with Crippen LogP contribution in [0.5, 0.6) is 0 Å². The van der Waals surface area contributed by atoms with Crippen LogP contribution in [0.2, 0.25) is 0 Å². The zero-order chi connectivity index (χ0) is 21.7. The Labute approximate surface area is 198 Å². The van der Waals surface area contributed by atoms with Gasteiger partial charge in [-0.3, -0.25) is 14.1 Å². The van der Waals surface area contributed by atoms with Gasteiger partial charge in [0.25, 0.3) is 10.1 Å². The Morgan fingerprint density at radius 3 is 1.93 bits per heavy atom. The quantitative estimate of drug-likeness (QED) is 0.210. The Balaban J connectivity index is 0. The molecule has 0 aliphatic rings. The first-order chi connectivity index (χ1) is 13.1. The fraction of sp³-hybridized carbons (Fsp3) is 0.900. The van der Waals surface area contributed by atoms with Crippen molar-refractivity contribution < 1.29 is 32.4 Å². The van der Waals surface area contributed by atoms with Crippen LogP contribution in [0.25, 0.3) is 0 Å². The van der Waals surface area contributed by atoms with Crippen LogP contribution < -0.4 is 0 Å². The predicted molar refractivity (Wildman–Crippen MR) is 116 cm³/mol. The first-order valence-corrected chi connectivity index (χ1v) is 12.0. The summed E-state index contributed by atoms with van der Waals surface area (Å²) in [7, 11) is -4.86. The third-order valence-electron chi connectivity index (χ3n) is 5.34. The molecule has 0 rings (SSSR count). The summed E-state index contributed by atoms with van der Waals surface area (Å²) in [5, 5.41) is 6.81. The second kappa shape index (κ2) is 16.5. The zero-order valence-electron chi connectivity index (χ0n) is 17.7. The molecule has 2 N–H and O–H groups in total. The third-order valence-corrected chi connectivity index (χ3v) is 6.42. The minimum absolute atomic E-state index is 0. The summed E-state index contributed by atoms with van der Waals surface area (Å²) in [5.41, 5.74) is 0. The predicted octanol–water partition coefficient (Wildman–Crippen LogP) is 3.80. The first-order valence-electron chi connectivity index (χ1n) is 10.5. The SMILES string of the molecule is CCCCC(CC)CC(OC(=O)C(CC(=O)O)S(=O)(=O)O)C(CC)CCCC.[NaH]. The number of esters is 1. The fourth-order valence-corrected chi connectivity index (χ4v) is 4.11. The molecule has 0 radical (unpaired) electrons. The maximum absolute atomic E-state index is 12.5. The number of carboxylic acids is 1. The molecule has 9 heteroatoms. The summed E-state index contributed by atoms with van der Waals surface area (Å²) in [6.07, 6.45) is 6.78. The van der Waals surface area contributed by atoms with Gasteiger partial charge in [-0.15, -0.1) is 0 Å². The molecule has 0 aromatic rings. The van der Waals surface area contributed by atoms with Crippen LogP contribution in [0.3, 0.4) is 0 Å². The van der Waals surface area contributed by atoms with Crippen molar-refractivity contribution in [2.75, 3.05) is 0 Å². The molecule has 0 aromatic carbocycles. The van der Waals surface area contributed by atoms with E-state index < -0.39 is 39.8 Å². The number of carboxylic acid groups (broad SMARTS) is 1. The number of unbranched alkanes of at least 4 members (excludes halogenated alkanes) is 2. The van der Waals surface area contributed by atoms with Crippen molar-refractivity contribution in [3.63, 3.8) is 0 Å². The Hall–Kier alpha value is -0.150. The summed E-state index contributed by atoms with van der Waals surface area (Å²) in [6, 6.07) is 0. The maximum atomic E-state index is 12.5. The third kappa shape index (κ3) is 13.0. The molecule has 0 saturated carbocycles. The second-order valence-corrected chi connectivity index (χ2v) is 9.14. The Morgan fingerprint density at radius 2 is 1.52 bits per heavy atom. The molecule has 168 valence electrons. The van der Waals surface area contributed by atoms with Gasteiger partial charge in [0, 0.05) is 0 Å². The van der Waals surface area contributed by atoms with E-state index >= 15 is 0 Å². The van der Waals surface area contributed by atoms with Crippen LogP contribution in [0.1, 0.15) is 91.9 Å². The summed E-state index contributed by atoms with van der Waals surface area (Å²) in [5.74, 6) is -2.23. The molecule has 7 nitrogen and oxygen atoms in total. The van der Waals surface area contributed by atoms with E-state index in [9.17, 15) is 22.6 Å². The van der Waals surface area contributed by atoms with Crippen molar-refractivity contribution in [1.82, 2.24) is 0 Å². The topological polar surface area (TPSA) is 118 Å². The first kappa shape index (κ1) is 31.0. The van der Waals surface area contributed by atoms with Gasteiger partial charge in [-0.2, -0.15) is 8.42 Å². The van der Waals surface area contributed by atoms with Gasteiger partial charge in [-0.05, 0) is 31.1 Å². The normalized spacial score (nSPS) is 15.6. The van der Waals surface area contributed by atoms with E-state index in [1.54, 1.807) is 0 Å². The summed E-state index contributed by atoms with van der Waals surface area (Å²) in [6.45, 7) is 8.28. The molecule has 0 amide bonds. The number of aliphatic carboxylic acids is 1. The molecule has 29 heavy (non-hydrogen) atoms. The van der Waals surface area contributed by atoms with Crippen LogP contribution in [0, 0.1) is 11.8 Å². The van der Waals surface area contributed by atoms with Crippen molar-refractivity contribution >= 4 is 51.6 Å². The number of carbonyl (C=O) groups excluding carboxylic acids is 1. The van der Waals surface area contributed by atoms with Gasteiger partial charge >= 0.3 is 41.5 Å². The summed E-state index contributed by atoms with van der Waals surface area (Å²) < 4.78 is 37.9. The molecule has 0 spiro atoms. The van der Waals surface area contributed by atoms with Crippen LogP contribution in [-0.2, 0) is 24.4 Å². The number of rotatable bonds is 16. The van der Waals surface area contributed by atoms with Gasteiger partial charge < -0.3 is 9.84 Å². The van der Waals surface area contributed by atoms with Crippen LogP contribution >= 0.6 is 0 Å². The van der Waals surface area contributed by atoms with Crippen molar-refractivity contribution in [2.24, 2.45) is 11.8 Å². The van der Waals surface area contributed by atoms with Crippen molar-refractivity contribution in [1.29, 1.82) is 0 Å². The number of hydrogen-bond donors (Lipinski definition) is 2. The molecule has 0 bridgehead atoms. The molecular formula is C20H39NaO7S. The molecular weight excluding hydrogens is 407 g/mol. The molecule has 0 aromatic heterocycles. The van der Waals surface area contributed by atoms with Crippen molar-refractivity contribution in [3.8, 4) is 0 Å². The van der Waals surface area contributed by atoms with Gasteiger partial charge in [0.05, 0.1) is 6.42 Å². The van der Waals surface area contributed by atoms with E-state index in [1.807, 2.05) is 6.92 Å². The summed E-state index contributed by atoms with van der Waals surface area (Å²) in [4.78, 5) is 23.4. The van der Waals surface area contributed by atoms with Gasteiger partial charge in [0.1, 0.15) is 6.10 Å². The molecule has 0 aliphatic carbocycles. The molecule has 0 heterocycles. The second-order valence-electron chi connectivity index (χ2n) is 7.54. The van der Waals surface area contributed by atoms with E-state index in [0.29, 0.717) is 12.3 Å². The Bertz CT molecular complexity index is 565. The van der Waals surface area contributed by atoms with E-state index in [1.165, 1.54) is 0 Å². The van der Waals surface area contributed by atoms with Crippen LogP contribution in [-0.4, -0.2) is 70.9 Å². The number of ether oxygens (including phenoxy) is 1. The van der Waals surface area contributed by atoms with Gasteiger partial charge in [0.2, 0.25) is 0 Å². The molecule has 4 atom stereocenters. The van der Waals surface area contributed by atoms with E-state index in [2.05, 4.69) is 20.8 Å². The fourth-order valence-electron chi connectivity index (χ4n) is 3.46. The van der Waals surface area contributed by atoms with Gasteiger partial charge in [-0.25, -0.2) is 0 Å². The number of hydrogen-bond acceptors (Lipinski definition) is 5. The monoisotopic (exact) mass is 446 g/mol. The van der Waals surface area contributed by atoms with E-state index in [0.717, 1.165) is 51.4 Å². The van der Waals surface area contributed by atoms with Crippen molar-refractivity contribution in [3.05, 3.63) is 0 Å². The molecule has 0 fully saturated rings. The van der Waals surface area contributed by atoms with Gasteiger partial charge in [0.15, 0.2) is 5.25 Å². The zero-order valence-corrected chi connectivity index (χ0v) is 18.5. The Kier molecular flexibility index (Phi) is 17.7. The summed E-state index contributed by atoms with van der Waals surface area (Å²) >= 11 is 0. The van der Waals surface area contributed by atoms with Gasteiger partial charge in [-0.1, -0.05) is 66.2 Å². The number of carbonyl (C=O) groups is 2. The average Bonchev–Trinajstić information content (AvgIpc) is 2.62. The standard InChI is InChI=1S/C20H38O7S.Na.H/c1-5-9-11-15(7-3)13-17(16(8-4)12-10-6-2)27-20(23)18(14-19(21)22)28(24,25)26;;/h15-18H,5-14H2,1-4H3,(H,21,22)(H,24,25,26);;. The van der Waals surface area contributed by atoms with Crippen LogP contribution in [0.4, 0.5) is 0 Å².